The first-order valence-corrected chi connectivity index (χ1v) is 14.1. The number of methoxy groups -OCH3 is 2. The van der Waals surface area contributed by atoms with E-state index < -0.39 is 10.8 Å². The predicted octanol–water partition coefficient (Wildman–Crippen LogP) is 4.97. The molecule has 7 heteroatoms. The number of hydrogen-bond acceptors (Lipinski definition) is 6. The molecule has 2 fully saturated rings. The zero-order chi connectivity index (χ0) is 28.4. The number of amides is 1. The molecule has 8 rings (SSSR count). The fourth-order valence-electron chi connectivity index (χ4n) is 8.30. The standard InChI is InChI=1S/C34H33NO6/c1-21(23-8-5-7-11-27(23)38-2)31(36)35-19-30-33(22-12-13-28-29(18-22)41-17-16-40-28)15-14-26(24-9-4-6-10-25(24)33)34(30,20-35)32(37)39-3/h4-13,18,26,30H,1,14-17,19-20H2,2-3H3. The zero-order valence-electron chi connectivity index (χ0n) is 23.4. The number of benzene rings is 3. The van der Waals surface area contributed by atoms with Crippen molar-refractivity contribution in [3.8, 4) is 17.2 Å². The van der Waals surface area contributed by atoms with Crippen LogP contribution in [-0.4, -0.2) is 57.3 Å². The Labute approximate surface area is 239 Å². The van der Waals surface area contributed by atoms with Gasteiger partial charge in [0.1, 0.15) is 19.0 Å². The summed E-state index contributed by atoms with van der Waals surface area (Å²) in [5.74, 6) is 1.30. The van der Waals surface area contributed by atoms with Gasteiger partial charge in [0, 0.05) is 41.5 Å². The van der Waals surface area contributed by atoms with Crippen molar-refractivity contribution in [1.82, 2.24) is 4.90 Å². The largest absolute Gasteiger partial charge is 0.496 e. The SMILES string of the molecule is C=C(C(=O)N1CC2C3(c4ccc5c(c4)OCCO5)CCC(c4ccccc43)C2(C(=O)OC)C1)c1ccccc1OC. The number of likely N-dealkylation sites (tertiary alicyclic amines) is 1. The number of nitrogens with zero attached hydrogens (tertiary/aromatic N) is 1. The average Bonchev–Trinajstić information content (AvgIpc) is 3.47. The number of rotatable bonds is 5. The van der Waals surface area contributed by atoms with Crippen LogP contribution in [0.25, 0.3) is 5.57 Å². The van der Waals surface area contributed by atoms with Gasteiger partial charge in [-0.05, 0) is 47.7 Å². The third kappa shape index (κ3) is 3.44. The van der Waals surface area contributed by atoms with Crippen LogP contribution in [0.4, 0.5) is 0 Å². The van der Waals surface area contributed by atoms with E-state index in [1.165, 1.54) is 12.7 Å². The van der Waals surface area contributed by atoms with Crippen molar-refractivity contribution in [2.75, 3.05) is 40.5 Å². The minimum Gasteiger partial charge on any atom is -0.496 e. The minimum atomic E-state index is -0.897. The summed E-state index contributed by atoms with van der Waals surface area (Å²) in [5.41, 5.74) is 3.03. The molecule has 1 amide bonds. The van der Waals surface area contributed by atoms with E-state index in [0.717, 1.165) is 29.7 Å². The molecule has 2 aliphatic heterocycles. The van der Waals surface area contributed by atoms with E-state index in [1.807, 2.05) is 41.3 Å². The Hall–Kier alpha value is -4.26. The van der Waals surface area contributed by atoms with E-state index in [9.17, 15) is 9.59 Å². The number of para-hydroxylation sites is 1. The van der Waals surface area contributed by atoms with Gasteiger partial charge in [-0.3, -0.25) is 9.59 Å². The van der Waals surface area contributed by atoms with Crippen molar-refractivity contribution >= 4 is 17.4 Å². The van der Waals surface area contributed by atoms with Gasteiger partial charge < -0.3 is 23.8 Å². The van der Waals surface area contributed by atoms with Gasteiger partial charge >= 0.3 is 5.97 Å². The Morgan fingerprint density at radius 3 is 2.54 bits per heavy atom. The number of esters is 1. The summed E-state index contributed by atoms with van der Waals surface area (Å²) >= 11 is 0. The first-order valence-electron chi connectivity index (χ1n) is 14.1. The molecular weight excluding hydrogens is 518 g/mol. The molecule has 2 bridgehead atoms. The molecule has 4 atom stereocenters. The molecule has 210 valence electrons. The Morgan fingerprint density at radius 1 is 0.976 bits per heavy atom. The van der Waals surface area contributed by atoms with E-state index in [2.05, 4.69) is 36.9 Å². The molecule has 1 saturated heterocycles. The summed E-state index contributed by atoms with van der Waals surface area (Å²) in [6.07, 6.45) is 1.67. The van der Waals surface area contributed by atoms with E-state index in [-0.39, 0.29) is 30.3 Å². The van der Waals surface area contributed by atoms with Crippen LogP contribution in [-0.2, 0) is 19.7 Å². The fourth-order valence-corrected chi connectivity index (χ4v) is 8.30. The monoisotopic (exact) mass is 551 g/mol. The van der Waals surface area contributed by atoms with E-state index in [4.69, 9.17) is 18.9 Å². The summed E-state index contributed by atoms with van der Waals surface area (Å²) in [6.45, 7) is 5.86. The van der Waals surface area contributed by atoms with Gasteiger partial charge in [-0.25, -0.2) is 0 Å². The molecule has 0 aromatic heterocycles. The first-order chi connectivity index (χ1) is 20.0. The van der Waals surface area contributed by atoms with Gasteiger partial charge in [0.2, 0.25) is 0 Å². The van der Waals surface area contributed by atoms with Gasteiger partial charge in [0.25, 0.3) is 5.91 Å². The maximum atomic E-state index is 14.1. The summed E-state index contributed by atoms with van der Waals surface area (Å²) < 4.78 is 23.0. The van der Waals surface area contributed by atoms with Crippen molar-refractivity contribution in [1.29, 1.82) is 0 Å². The molecule has 2 heterocycles. The molecule has 3 aromatic rings. The van der Waals surface area contributed by atoms with Crippen LogP contribution in [0, 0.1) is 11.3 Å². The third-order valence-electron chi connectivity index (χ3n) is 9.94. The third-order valence-corrected chi connectivity index (χ3v) is 9.94. The highest BCUT2D eigenvalue weighted by Crippen LogP contribution is 2.69. The predicted molar refractivity (Wildman–Crippen MR) is 153 cm³/mol. The maximum absolute atomic E-state index is 14.1. The summed E-state index contributed by atoms with van der Waals surface area (Å²) in [5, 5.41) is 0. The minimum absolute atomic E-state index is 0.0624. The van der Waals surface area contributed by atoms with Crippen LogP contribution in [0.5, 0.6) is 17.2 Å². The molecule has 4 unspecified atom stereocenters. The zero-order valence-corrected chi connectivity index (χ0v) is 23.4. The second kappa shape index (κ2) is 9.40. The summed E-state index contributed by atoms with van der Waals surface area (Å²) in [6, 6.07) is 22.0. The lowest BCUT2D eigenvalue weighted by molar-refractivity contribution is -0.161. The average molecular weight is 552 g/mol. The second-order valence-corrected chi connectivity index (χ2v) is 11.5. The molecule has 3 aliphatic carbocycles. The van der Waals surface area contributed by atoms with Crippen molar-refractivity contribution in [2.24, 2.45) is 11.3 Å². The number of fused-ring (bicyclic) bond motifs is 2. The van der Waals surface area contributed by atoms with Crippen LogP contribution in [0.1, 0.15) is 41.0 Å². The number of hydrogen-bond donors (Lipinski definition) is 0. The maximum Gasteiger partial charge on any atom is 0.314 e. The van der Waals surface area contributed by atoms with Gasteiger partial charge in [0.05, 0.1) is 19.6 Å². The quantitative estimate of drug-likeness (QED) is 0.329. The highest BCUT2D eigenvalue weighted by atomic mass is 16.6. The topological polar surface area (TPSA) is 74.3 Å². The smallest absolute Gasteiger partial charge is 0.314 e. The lowest BCUT2D eigenvalue weighted by Gasteiger charge is -2.59. The van der Waals surface area contributed by atoms with E-state index in [1.54, 1.807) is 7.11 Å². The van der Waals surface area contributed by atoms with Crippen molar-refractivity contribution < 1.29 is 28.5 Å². The fraction of sp³-hybridized carbons (Fsp3) is 0.353. The van der Waals surface area contributed by atoms with Crippen LogP contribution >= 0.6 is 0 Å². The second-order valence-electron chi connectivity index (χ2n) is 11.5. The Morgan fingerprint density at radius 2 is 1.73 bits per heavy atom. The molecule has 7 nitrogen and oxygen atoms in total. The molecule has 41 heavy (non-hydrogen) atoms. The molecular formula is C34H33NO6. The molecule has 0 radical (unpaired) electrons. The number of carbonyl (C=O) groups excluding carboxylic acids is 2. The van der Waals surface area contributed by atoms with E-state index in [0.29, 0.717) is 42.4 Å². The lowest BCUT2D eigenvalue weighted by atomic mass is 9.42. The number of ether oxygens (including phenoxy) is 4. The van der Waals surface area contributed by atoms with Crippen molar-refractivity contribution in [3.63, 3.8) is 0 Å². The van der Waals surface area contributed by atoms with Crippen molar-refractivity contribution in [3.05, 3.63) is 95.6 Å². The van der Waals surface area contributed by atoms with Gasteiger partial charge in [-0.1, -0.05) is 55.1 Å². The Balaban J connectivity index is 1.38. The highest BCUT2D eigenvalue weighted by molar-refractivity contribution is 6.19. The highest BCUT2D eigenvalue weighted by Gasteiger charge is 2.71. The molecule has 3 aromatic carbocycles. The number of carbonyl (C=O) groups is 2. The Bertz CT molecular complexity index is 1580. The molecule has 1 saturated carbocycles. The van der Waals surface area contributed by atoms with Crippen LogP contribution in [0.3, 0.4) is 0 Å². The van der Waals surface area contributed by atoms with Gasteiger partial charge in [0.15, 0.2) is 11.5 Å². The lowest BCUT2D eigenvalue weighted by Crippen LogP contribution is -2.60. The van der Waals surface area contributed by atoms with Gasteiger partial charge in [-0.15, -0.1) is 0 Å². The van der Waals surface area contributed by atoms with E-state index >= 15 is 0 Å². The van der Waals surface area contributed by atoms with Crippen LogP contribution in [0.2, 0.25) is 0 Å². The van der Waals surface area contributed by atoms with Crippen molar-refractivity contribution in [2.45, 2.75) is 24.2 Å². The first kappa shape index (κ1) is 25.7. The summed E-state index contributed by atoms with van der Waals surface area (Å²) in [4.78, 5) is 30.0. The van der Waals surface area contributed by atoms with Crippen LogP contribution in [0.15, 0.2) is 73.3 Å². The molecule has 0 N–H and O–H groups in total. The molecule has 5 aliphatic rings. The molecule has 0 spiro atoms. The summed E-state index contributed by atoms with van der Waals surface area (Å²) in [7, 11) is 3.04. The van der Waals surface area contributed by atoms with Gasteiger partial charge in [-0.2, -0.15) is 0 Å². The normalized spacial score (nSPS) is 27.0. The van der Waals surface area contributed by atoms with Crippen LogP contribution < -0.4 is 14.2 Å². The Kier molecular flexibility index (Phi) is 5.89.